The molecule has 0 amide bonds. The maximum atomic E-state index is 11.8. The highest BCUT2D eigenvalue weighted by molar-refractivity contribution is 14.1. The van der Waals surface area contributed by atoms with E-state index in [0.29, 0.717) is 12.2 Å². The Balaban J connectivity index is 2.65. The van der Waals surface area contributed by atoms with Crippen LogP contribution >= 0.6 is 38.5 Å². The van der Waals surface area contributed by atoms with E-state index in [1.165, 1.54) is 0 Å². The summed E-state index contributed by atoms with van der Waals surface area (Å²) in [5.41, 5.74) is 0.569. The number of hydrogen-bond acceptors (Lipinski definition) is 3. The summed E-state index contributed by atoms with van der Waals surface area (Å²) in [6.45, 7) is 4.40. The van der Waals surface area contributed by atoms with Crippen LogP contribution < -0.4 is 10.0 Å². The van der Waals surface area contributed by atoms with Gasteiger partial charge < -0.3 is 5.32 Å². The van der Waals surface area contributed by atoms with Crippen molar-refractivity contribution >= 4 is 54.2 Å². The van der Waals surface area contributed by atoms with Crippen LogP contribution in [0.1, 0.15) is 13.8 Å². The minimum atomic E-state index is -3.31. The average Bonchev–Trinajstić information content (AvgIpc) is 2.21. The van der Waals surface area contributed by atoms with E-state index < -0.39 is 10.0 Å². The van der Waals surface area contributed by atoms with Crippen LogP contribution in [0, 0.1) is 3.57 Å². The predicted octanol–water partition coefficient (Wildman–Crippen LogP) is 2.79. The second kappa shape index (κ2) is 7.06. The molecule has 0 heterocycles. The molecule has 0 saturated carbocycles. The molecule has 0 aliphatic heterocycles. The molecule has 1 rings (SSSR count). The van der Waals surface area contributed by atoms with Gasteiger partial charge in [0.15, 0.2) is 0 Å². The highest BCUT2D eigenvalue weighted by Gasteiger charge is 2.12. The molecule has 0 saturated heterocycles. The fraction of sp³-hybridized carbons (Fsp3) is 0.455. The lowest BCUT2D eigenvalue weighted by Gasteiger charge is -2.11. The summed E-state index contributed by atoms with van der Waals surface area (Å²) < 4.78 is 28.0. The first-order chi connectivity index (χ1) is 8.30. The molecule has 18 heavy (non-hydrogen) atoms. The largest absolute Gasteiger partial charge is 0.313 e. The third-order valence-electron chi connectivity index (χ3n) is 2.12. The van der Waals surface area contributed by atoms with Gasteiger partial charge in [-0.15, -0.1) is 0 Å². The normalized spacial score (nSPS) is 11.8. The number of hydrogen-bond donors (Lipinski definition) is 2. The topological polar surface area (TPSA) is 58.2 Å². The fourth-order valence-electron chi connectivity index (χ4n) is 1.27. The van der Waals surface area contributed by atoms with Crippen LogP contribution in [0.15, 0.2) is 22.7 Å². The van der Waals surface area contributed by atoms with Gasteiger partial charge in [0.05, 0.1) is 11.4 Å². The van der Waals surface area contributed by atoms with Gasteiger partial charge in [-0.05, 0) is 56.7 Å². The summed E-state index contributed by atoms with van der Waals surface area (Å²) in [7, 11) is -3.31. The maximum Gasteiger partial charge on any atom is 0.234 e. The van der Waals surface area contributed by atoms with E-state index in [4.69, 9.17) is 0 Å². The van der Waals surface area contributed by atoms with Crippen molar-refractivity contribution in [1.29, 1.82) is 0 Å². The third kappa shape index (κ3) is 5.85. The first kappa shape index (κ1) is 16.2. The summed E-state index contributed by atoms with van der Waals surface area (Å²) in [6, 6.07) is 5.75. The summed E-state index contributed by atoms with van der Waals surface area (Å²) in [4.78, 5) is 0. The van der Waals surface area contributed by atoms with E-state index in [9.17, 15) is 8.42 Å². The Morgan fingerprint density at radius 3 is 2.61 bits per heavy atom. The molecule has 102 valence electrons. The van der Waals surface area contributed by atoms with Gasteiger partial charge in [0.1, 0.15) is 0 Å². The molecular weight excluding hydrogens is 431 g/mol. The third-order valence-corrected chi connectivity index (χ3v) is 4.72. The first-order valence-electron chi connectivity index (χ1n) is 5.49. The van der Waals surface area contributed by atoms with Gasteiger partial charge in [0, 0.05) is 20.6 Å². The van der Waals surface area contributed by atoms with Crippen molar-refractivity contribution in [3.8, 4) is 0 Å². The smallest absolute Gasteiger partial charge is 0.234 e. The van der Waals surface area contributed by atoms with Crippen LogP contribution in [0.25, 0.3) is 0 Å². The number of anilines is 1. The molecule has 0 fully saturated rings. The number of sulfonamides is 1. The molecule has 0 aliphatic carbocycles. The summed E-state index contributed by atoms with van der Waals surface area (Å²) in [6.07, 6.45) is 0. The number of halogens is 2. The van der Waals surface area contributed by atoms with Crippen molar-refractivity contribution < 1.29 is 8.42 Å². The molecule has 0 radical (unpaired) electrons. The maximum absolute atomic E-state index is 11.8. The summed E-state index contributed by atoms with van der Waals surface area (Å²) in [5.74, 6) is 0.0591. The molecule has 0 atom stereocenters. The molecule has 4 nitrogen and oxygen atoms in total. The van der Waals surface area contributed by atoms with E-state index in [-0.39, 0.29) is 11.8 Å². The van der Waals surface area contributed by atoms with Gasteiger partial charge in [-0.1, -0.05) is 13.8 Å². The van der Waals surface area contributed by atoms with Crippen LogP contribution in [-0.2, 0) is 10.0 Å². The molecule has 0 unspecified atom stereocenters. The number of nitrogens with one attached hydrogen (secondary N) is 2. The van der Waals surface area contributed by atoms with Gasteiger partial charge in [0.25, 0.3) is 0 Å². The summed E-state index contributed by atoms with van der Waals surface area (Å²) in [5, 5.41) is 3.08. The molecule has 0 aromatic heterocycles. The second-order valence-electron chi connectivity index (χ2n) is 4.15. The Labute approximate surface area is 130 Å². The van der Waals surface area contributed by atoms with E-state index in [2.05, 4.69) is 48.6 Å². The van der Waals surface area contributed by atoms with Crippen LogP contribution in [0.5, 0.6) is 0 Å². The van der Waals surface area contributed by atoms with Crippen LogP contribution in [0.4, 0.5) is 5.69 Å². The Hall–Kier alpha value is 0.140. The van der Waals surface area contributed by atoms with E-state index in [1.807, 2.05) is 26.0 Å². The second-order valence-corrected chi connectivity index (χ2v) is 8.10. The van der Waals surface area contributed by atoms with Gasteiger partial charge in [0.2, 0.25) is 10.0 Å². The van der Waals surface area contributed by atoms with Crippen molar-refractivity contribution in [2.24, 2.45) is 0 Å². The van der Waals surface area contributed by atoms with Gasteiger partial charge >= 0.3 is 0 Å². The standard InChI is InChI=1S/C11H16BrIN2O2S/c1-8(2)14-5-6-18(16,17)15-11-4-3-9(13)7-10(11)12/h3-4,7-8,14-15H,5-6H2,1-2H3. The van der Waals surface area contributed by atoms with Crippen LogP contribution in [-0.4, -0.2) is 26.8 Å². The lowest BCUT2D eigenvalue weighted by Crippen LogP contribution is -2.31. The van der Waals surface area contributed by atoms with Crippen LogP contribution in [0.3, 0.4) is 0 Å². The number of benzene rings is 1. The zero-order valence-electron chi connectivity index (χ0n) is 10.2. The van der Waals surface area contributed by atoms with Crippen molar-refractivity contribution in [3.63, 3.8) is 0 Å². The molecule has 0 bridgehead atoms. The van der Waals surface area contributed by atoms with Gasteiger partial charge in [-0.25, -0.2) is 8.42 Å². The predicted molar refractivity (Wildman–Crippen MR) is 87.4 cm³/mol. The minimum Gasteiger partial charge on any atom is -0.313 e. The Morgan fingerprint density at radius 2 is 2.06 bits per heavy atom. The molecule has 1 aromatic rings. The lowest BCUT2D eigenvalue weighted by molar-refractivity contribution is 0.582. The Morgan fingerprint density at radius 1 is 1.39 bits per heavy atom. The fourth-order valence-corrected chi connectivity index (χ4v) is 3.80. The molecule has 2 N–H and O–H groups in total. The lowest BCUT2D eigenvalue weighted by atomic mass is 10.3. The van der Waals surface area contributed by atoms with E-state index in [0.717, 1.165) is 8.04 Å². The summed E-state index contributed by atoms with van der Waals surface area (Å²) >= 11 is 5.52. The van der Waals surface area contributed by atoms with Crippen molar-refractivity contribution in [2.75, 3.05) is 17.0 Å². The minimum absolute atomic E-state index is 0.0591. The van der Waals surface area contributed by atoms with Crippen LogP contribution in [0.2, 0.25) is 0 Å². The molecule has 1 aromatic carbocycles. The van der Waals surface area contributed by atoms with Gasteiger partial charge in [-0.2, -0.15) is 0 Å². The average molecular weight is 447 g/mol. The van der Waals surface area contributed by atoms with Crippen molar-refractivity contribution in [3.05, 3.63) is 26.2 Å². The monoisotopic (exact) mass is 446 g/mol. The molecule has 7 heteroatoms. The Kier molecular flexibility index (Phi) is 6.36. The molecule has 0 aliphatic rings. The van der Waals surface area contributed by atoms with Crippen molar-refractivity contribution in [1.82, 2.24) is 5.32 Å². The van der Waals surface area contributed by atoms with Crippen molar-refractivity contribution in [2.45, 2.75) is 19.9 Å². The molecular formula is C11H16BrIN2O2S. The highest BCUT2D eigenvalue weighted by Crippen LogP contribution is 2.25. The van der Waals surface area contributed by atoms with E-state index >= 15 is 0 Å². The van der Waals surface area contributed by atoms with E-state index in [1.54, 1.807) is 6.07 Å². The quantitative estimate of drug-likeness (QED) is 0.660. The SMILES string of the molecule is CC(C)NCCS(=O)(=O)Nc1ccc(I)cc1Br. The number of rotatable bonds is 6. The van der Waals surface area contributed by atoms with Gasteiger partial charge in [-0.3, -0.25) is 4.72 Å². The first-order valence-corrected chi connectivity index (χ1v) is 9.01. The zero-order valence-corrected chi connectivity index (χ0v) is 14.8. The molecule has 0 spiro atoms. The Bertz CT molecular complexity index is 506. The zero-order chi connectivity index (χ0) is 13.8. The highest BCUT2D eigenvalue weighted by atomic mass is 127.